The minimum Gasteiger partial charge on any atom is -0.497 e. The van der Waals surface area contributed by atoms with Gasteiger partial charge in [-0.2, -0.15) is 4.37 Å². The fourth-order valence-corrected chi connectivity index (χ4v) is 4.71. The Labute approximate surface area is 178 Å². The van der Waals surface area contributed by atoms with E-state index in [9.17, 15) is 4.79 Å². The van der Waals surface area contributed by atoms with Gasteiger partial charge in [-0.25, -0.2) is 4.98 Å². The van der Waals surface area contributed by atoms with Gasteiger partial charge in [-0.15, -0.1) is 0 Å². The van der Waals surface area contributed by atoms with E-state index in [4.69, 9.17) is 4.74 Å². The molecule has 150 valence electrons. The number of methoxy groups -OCH3 is 1. The van der Waals surface area contributed by atoms with Crippen LogP contribution < -0.4 is 9.64 Å². The molecule has 2 aromatic carbocycles. The highest BCUT2D eigenvalue weighted by Gasteiger charge is 2.21. The van der Waals surface area contributed by atoms with Crippen LogP contribution in [0, 0.1) is 0 Å². The number of carbonyl (C=O) groups is 1. The number of thioether (sulfide) groups is 1. The van der Waals surface area contributed by atoms with E-state index >= 15 is 0 Å². The van der Waals surface area contributed by atoms with Gasteiger partial charge in [0.25, 0.3) is 0 Å². The number of anilines is 1. The van der Waals surface area contributed by atoms with E-state index in [1.54, 1.807) is 7.11 Å². The molecule has 6 nitrogen and oxygen atoms in total. The molecule has 1 fully saturated rings. The summed E-state index contributed by atoms with van der Waals surface area (Å²) in [5.41, 5.74) is 2.16. The zero-order valence-corrected chi connectivity index (χ0v) is 17.8. The summed E-state index contributed by atoms with van der Waals surface area (Å²) in [6.45, 7) is 3.23. The zero-order valence-electron chi connectivity index (χ0n) is 16.2. The number of rotatable bonds is 6. The van der Waals surface area contributed by atoms with Crippen LogP contribution in [-0.4, -0.2) is 59.2 Å². The average molecular weight is 427 g/mol. The predicted octanol–water partition coefficient (Wildman–Crippen LogP) is 3.65. The molecular weight excluding hydrogens is 404 g/mol. The van der Waals surface area contributed by atoms with Crippen molar-refractivity contribution in [2.45, 2.75) is 4.34 Å². The molecule has 0 spiro atoms. The number of nitrogens with zero attached hydrogens (tertiary/aromatic N) is 4. The third kappa shape index (κ3) is 4.89. The molecule has 0 atom stereocenters. The lowest BCUT2D eigenvalue weighted by Crippen LogP contribution is -2.49. The second kappa shape index (κ2) is 9.28. The van der Waals surface area contributed by atoms with E-state index in [-0.39, 0.29) is 5.91 Å². The van der Waals surface area contributed by atoms with Gasteiger partial charge in [-0.1, -0.05) is 30.0 Å². The van der Waals surface area contributed by atoms with Crippen LogP contribution in [0.3, 0.4) is 0 Å². The van der Waals surface area contributed by atoms with Gasteiger partial charge in [0.2, 0.25) is 5.91 Å². The van der Waals surface area contributed by atoms with E-state index in [0.717, 1.165) is 41.8 Å². The normalized spacial score (nSPS) is 14.1. The van der Waals surface area contributed by atoms with Gasteiger partial charge in [0.05, 0.1) is 12.9 Å². The van der Waals surface area contributed by atoms with Crippen molar-refractivity contribution >= 4 is 34.9 Å². The molecule has 0 N–H and O–H groups in total. The second-order valence-corrected chi connectivity index (χ2v) is 8.58. The highest BCUT2D eigenvalue weighted by Crippen LogP contribution is 2.27. The van der Waals surface area contributed by atoms with E-state index < -0.39 is 0 Å². The van der Waals surface area contributed by atoms with Crippen LogP contribution in [0.2, 0.25) is 0 Å². The van der Waals surface area contributed by atoms with Gasteiger partial charge >= 0.3 is 0 Å². The number of piperazine rings is 1. The minimum atomic E-state index is 0.156. The number of amides is 1. The van der Waals surface area contributed by atoms with Crippen LogP contribution in [0.25, 0.3) is 11.4 Å². The maximum absolute atomic E-state index is 12.6. The topological polar surface area (TPSA) is 58.6 Å². The predicted molar refractivity (Wildman–Crippen MR) is 118 cm³/mol. The van der Waals surface area contributed by atoms with Gasteiger partial charge < -0.3 is 14.5 Å². The van der Waals surface area contributed by atoms with E-state index in [1.807, 2.05) is 47.4 Å². The Morgan fingerprint density at radius 1 is 1.07 bits per heavy atom. The molecule has 1 saturated heterocycles. The summed E-state index contributed by atoms with van der Waals surface area (Å²) >= 11 is 2.79. The average Bonchev–Trinajstić information content (AvgIpc) is 3.27. The van der Waals surface area contributed by atoms with Gasteiger partial charge in [-0.3, -0.25) is 4.79 Å². The second-order valence-electron chi connectivity index (χ2n) is 6.60. The van der Waals surface area contributed by atoms with Gasteiger partial charge in [0, 0.05) is 37.4 Å². The Bertz CT molecular complexity index is 939. The fraction of sp³-hybridized carbons (Fsp3) is 0.286. The van der Waals surface area contributed by atoms with E-state index in [0.29, 0.717) is 11.6 Å². The van der Waals surface area contributed by atoms with Crippen LogP contribution >= 0.6 is 23.3 Å². The molecule has 29 heavy (non-hydrogen) atoms. The highest BCUT2D eigenvalue weighted by molar-refractivity contribution is 8.01. The van der Waals surface area contributed by atoms with Crippen molar-refractivity contribution in [3.05, 3.63) is 54.6 Å². The van der Waals surface area contributed by atoms with Crippen LogP contribution in [0.5, 0.6) is 5.75 Å². The number of aromatic nitrogens is 2. The highest BCUT2D eigenvalue weighted by atomic mass is 32.2. The molecule has 0 unspecified atom stereocenters. The summed E-state index contributed by atoms with van der Waals surface area (Å²) < 4.78 is 10.4. The van der Waals surface area contributed by atoms with Gasteiger partial charge in [-0.05, 0) is 47.9 Å². The summed E-state index contributed by atoms with van der Waals surface area (Å²) in [5.74, 6) is 2.03. The Hall–Kier alpha value is -2.58. The lowest BCUT2D eigenvalue weighted by molar-refractivity contribution is -0.128. The first-order valence-corrected chi connectivity index (χ1v) is 11.2. The molecule has 0 aliphatic carbocycles. The molecule has 1 aliphatic heterocycles. The monoisotopic (exact) mass is 426 g/mol. The molecule has 2 heterocycles. The number of hydrogen-bond donors (Lipinski definition) is 0. The van der Waals surface area contributed by atoms with Gasteiger partial charge in [0.15, 0.2) is 10.2 Å². The molecule has 0 saturated carbocycles. The summed E-state index contributed by atoms with van der Waals surface area (Å²) in [4.78, 5) is 21.4. The molecule has 4 rings (SSSR count). The Morgan fingerprint density at radius 2 is 1.79 bits per heavy atom. The molecule has 0 bridgehead atoms. The first-order chi connectivity index (χ1) is 14.2. The van der Waals surface area contributed by atoms with Crippen molar-refractivity contribution in [2.24, 2.45) is 0 Å². The van der Waals surface area contributed by atoms with E-state index in [2.05, 4.69) is 26.4 Å². The maximum atomic E-state index is 12.6. The minimum absolute atomic E-state index is 0.156. The molecule has 1 aliphatic rings. The lowest BCUT2D eigenvalue weighted by Gasteiger charge is -2.36. The third-order valence-electron chi connectivity index (χ3n) is 4.83. The first-order valence-electron chi connectivity index (χ1n) is 9.41. The molecule has 8 heteroatoms. The number of benzene rings is 2. The summed E-state index contributed by atoms with van der Waals surface area (Å²) in [5, 5.41) is 0. The number of carbonyl (C=O) groups excluding carboxylic acids is 1. The Kier molecular flexibility index (Phi) is 6.31. The molecule has 1 aromatic heterocycles. The maximum Gasteiger partial charge on any atom is 0.233 e. The van der Waals surface area contributed by atoms with Crippen LogP contribution in [0.4, 0.5) is 5.69 Å². The van der Waals surface area contributed by atoms with Crippen molar-refractivity contribution in [2.75, 3.05) is 43.9 Å². The van der Waals surface area contributed by atoms with Crippen molar-refractivity contribution in [1.82, 2.24) is 14.3 Å². The summed E-state index contributed by atoms with van der Waals surface area (Å²) in [6.07, 6.45) is 0. The lowest BCUT2D eigenvalue weighted by atomic mass is 10.2. The van der Waals surface area contributed by atoms with Crippen molar-refractivity contribution in [1.29, 1.82) is 0 Å². The number of hydrogen-bond acceptors (Lipinski definition) is 7. The third-order valence-corrected chi connectivity index (χ3v) is 6.65. The standard InChI is InChI=1S/C21H22N4O2S2/c1-27-18-9-7-16(8-10-18)20-22-21(29-23-20)28-15-19(26)25-13-11-24(12-14-25)17-5-3-2-4-6-17/h2-10H,11-15H2,1H3. The van der Waals surface area contributed by atoms with Crippen LogP contribution in [0.1, 0.15) is 0 Å². The quantitative estimate of drug-likeness (QED) is 0.561. The zero-order chi connectivity index (χ0) is 20.1. The number of ether oxygens (including phenoxy) is 1. The smallest absolute Gasteiger partial charge is 0.233 e. The fourth-order valence-electron chi connectivity index (χ4n) is 3.19. The molecule has 3 aromatic rings. The van der Waals surface area contributed by atoms with Crippen molar-refractivity contribution in [3.63, 3.8) is 0 Å². The van der Waals surface area contributed by atoms with Gasteiger partial charge in [0.1, 0.15) is 5.75 Å². The summed E-state index contributed by atoms with van der Waals surface area (Å²) in [7, 11) is 1.64. The van der Waals surface area contributed by atoms with Crippen LogP contribution in [-0.2, 0) is 4.79 Å². The number of para-hydroxylation sites is 1. The molecule has 1 amide bonds. The Balaban J connectivity index is 1.27. The first kappa shape index (κ1) is 19.7. The largest absolute Gasteiger partial charge is 0.497 e. The Morgan fingerprint density at radius 3 is 2.48 bits per heavy atom. The van der Waals surface area contributed by atoms with E-state index in [1.165, 1.54) is 29.0 Å². The van der Waals surface area contributed by atoms with Crippen LogP contribution in [0.15, 0.2) is 58.9 Å². The van der Waals surface area contributed by atoms with Crippen molar-refractivity contribution < 1.29 is 9.53 Å². The molecule has 0 radical (unpaired) electrons. The summed E-state index contributed by atoms with van der Waals surface area (Å²) in [6, 6.07) is 18.0. The van der Waals surface area contributed by atoms with Crippen molar-refractivity contribution in [3.8, 4) is 17.1 Å². The SMILES string of the molecule is COc1ccc(-c2nsc(SCC(=O)N3CCN(c4ccccc4)CC3)n2)cc1. The molecular formula is C21H22N4O2S2.